The highest BCUT2D eigenvalue weighted by Crippen LogP contribution is 2.71. The largest absolute Gasteiger partial charge is 0.466 e. The van der Waals surface area contributed by atoms with Crippen LogP contribution < -0.4 is 22.9 Å². The van der Waals surface area contributed by atoms with E-state index in [4.69, 9.17) is 37.1 Å². The third kappa shape index (κ3) is 16.5. The standard InChI is InChI=1S/C48H78F4N2O3.C31H48F2N2O/c1-5-6-7-8-9-10-11-12-13-14-15-16-17-18-29-56-44(55)24-19-34(2)41-22-23-42-40-21-20-35-32-39(25-27-45(35,3)43(40)26-28-46(41,42)4)57-48(51,52)47(49,50)36-30-37(53)33-38(54)31-36;1-5-6-19(2)26-9-10-27-25-8-7-20-17-24(11-13-29(20,3)28(25)12-14-30(26,27)4)36-31(32,33)21-15-22(34)18-23(35)16-21/h30-31,33-35,39-43H,5-29,32,53-54H2,1-4H3;15-16,18-20,24-28H,5-14,17,34-35H2,1-4H3/t34-,35?,39?,40+,41-,42+,43+,45+,46-;19-,20?,24?,25+,26-,27+,28+,29+,30-/m11/s1. The predicted octanol–water partition coefficient (Wildman–Crippen LogP) is 22.4. The minimum Gasteiger partial charge on any atom is -0.466 e. The Labute approximate surface area is 558 Å². The minimum absolute atomic E-state index is 0.00928. The highest BCUT2D eigenvalue weighted by molar-refractivity contribution is 5.69. The van der Waals surface area contributed by atoms with Gasteiger partial charge in [-0.05, 0) is 257 Å². The Hall–Kier alpha value is -3.39. The number of unbranched alkanes of at least 4 members (excludes halogenated alkanes) is 13. The van der Waals surface area contributed by atoms with E-state index in [0.717, 1.165) is 106 Å². The van der Waals surface area contributed by atoms with Crippen molar-refractivity contribution in [2.24, 2.45) is 92.7 Å². The van der Waals surface area contributed by atoms with E-state index in [-0.39, 0.29) is 56.4 Å². The number of hydrogen-bond acceptors (Lipinski definition) is 8. The molecular weight excluding hydrogens is 1180 g/mol. The third-order valence-corrected chi connectivity index (χ3v) is 27.7. The van der Waals surface area contributed by atoms with Gasteiger partial charge in [0.1, 0.15) is 0 Å². The molecule has 0 aromatic heterocycles. The molecule has 2 aromatic rings. The van der Waals surface area contributed by atoms with E-state index >= 15 is 26.3 Å². The number of nitrogens with two attached hydrogens (primary N) is 4. The molecular formula is C79H126F6N4O4. The highest BCUT2D eigenvalue weighted by atomic mass is 19.3. The fourth-order valence-electron chi connectivity index (χ4n) is 22.8. The number of fused-ring (bicyclic) bond motifs is 10. The van der Waals surface area contributed by atoms with Gasteiger partial charge < -0.3 is 37.1 Å². The van der Waals surface area contributed by atoms with Crippen molar-refractivity contribution in [2.75, 3.05) is 29.5 Å². The summed E-state index contributed by atoms with van der Waals surface area (Å²) in [5, 5.41) is 0. The van der Waals surface area contributed by atoms with E-state index in [2.05, 4.69) is 55.4 Å². The molecule has 8 N–H and O–H groups in total. The highest BCUT2D eigenvalue weighted by Gasteiger charge is 2.65. The monoisotopic (exact) mass is 1310 g/mol. The molecule has 18 atom stereocenters. The Morgan fingerprint density at radius 1 is 0.473 bits per heavy atom. The van der Waals surface area contributed by atoms with E-state index in [0.29, 0.717) is 79.6 Å². The summed E-state index contributed by atoms with van der Waals surface area (Å²) in [6, 6.07) is 7.00. The fraction of sp³-hybridized carbons (Fsp3) is 0.835. The molecule has 0 aliphatic heterocycles. The van der Waals surface area contributed by atoms with E-state index < -0.39 is 35.9 Å². The van der Waals surface area contributed by atoms with Crippen molar-refractivity contribution in [3.05, 3.63) is 47.5 Å². The second-order valence-electron chi connectivity index (χ2n) is 33.3. The lowest BCUT2D eigenvalue weighted by Gasteiger charge is -2.61. The lowest BCUT2D eigenvalue weighted by atomic mass is 9.44. The molecule has 8 saturated carbocycles. The van der Waals surface area contributed by atoms with E-state index in [1.54, 1.807) is 0 Å². The van der Waals surface area contributed by atoms with E-state index in [9.17, 15) is 4.79 Å². The van der Waals surface area contributed by atoms with Crippen LogP contribution in [-0.4, -0.2) is 30.9 Å². The first-order valence-corrected chi connectivity index (χ1v) is 38.1. The summed E-state index contributed by atoms with van der Waals surface area (Å²) in [5.74, 6) is 2.89. The summed E-state index contributed by atoms with van der Waals surface area (Å²) in [6.45, 7) is 19.9. The van der Waals surface area contributed by atoms with Gasteiger partial charge in [-0.3, -0.25) is 4.79 Å². The van der Waals surface area contributed by atoms with Crippen LogP contribution in [0.25, 0.3) is 0 Å². The molecule has 8 aliphatic rings. The molecule has 14 heteroatoms. The zero-order chi connectivity index (χ0) is 67.2. The number of alkyl halides is 6. The van der Waals surface area contributed by atoms with Gasteiger partial charge in [0.25, 0.3) is 0 Å². The van der Waals surface area contributed by atoms with Gasteiger partial charge in [-0.2, -0.15) is 26.3 Å². The molecule has 8 aliphatic carbocycles. The molecule has 0 amide bonds. The molecule has 0 saturated heterocycles. The van der Waals surface area contributed by atoms with Gasteiger partial charge in [0.05, 0.1) is 24.4 Å². The number of rotatable bonds is 29. The van der Waals surface area contributed by atoms with Crippen LogP contribution in [-0.2, 0) is 31.0 Å². The van der Waals surface area contributed by atoms with Crippen LogP contribution in [0.3, 0.4) is 0 Å². The van der Waals surface area contributed by atoms with Crippen LogP contribution in [0.5, 0.6) is 0 Å². The first kappa shape index (κ1) is 73.8. The average Bonchev–Trinajstić information content (AvgIpc) is 1.71. The molecule has 93 heavy (non-hydrogen) atoms. The molecule has 4 unspecified atom stereocenters. The van der Waals surface area contributed by atoms with Gasteiger partial charge in [0.2, 0.25) is 0 Å². The molecule has 2 aromatic carbocycles. The van der Waals surface area contributed by atoms with Crippen LogP contribution in [0, 0.1) is 92.7 Å². The topological polar surface area (TPSA) is 149 Å². The molecule has 0 radical (unpaired) electrons. The number of esters is 1. The lowest BCUT2D eigenvalue weighted by Crippen LogP contribution is -2.55. The molecule has 10 rings (SSSR count). The number of nitrogen functional groups attached to an aromatic ring is 4. The summed E-state index contributed by atoms with van der Waals surface area (Å²) in [6.07, 6.45) is 31.4. The summed E-state index contributed by atoms with van der Waals surface area (Å²) in [5.41, 5.74) is 22.9. The predicted molar refractivity (Wildman–Crippen MR) is 367 cm³/mol. The maximum Gasteiger partial charge on any atom is 0.424 e. The zero-order valence-corrected chi connectivity index (χ0v) is 58.9. The van der Waals surface area contributed by atoms with Crippen molar-refractivity contribution >= 4 is 28.7 Å². The first-order chi connectivity index (χ1) is 44.1. The van der Waals surface area contributed by atoms with Crippen LogP contribution in [0.2, 0.25) is 0 Å². The molecule has 528 valence electrons. The number of anilines is 4. The quantitative estimate of drug-likeness (QED) is 0.0272. The van der Waals surface area contributed by atoms with Crippen LogP contribution >= 0.6 is 0 Å². The molecule has 0 heterocycles. The van der Waals surface area contributed by atoms with Gasteiger partial charge in [0, 0.05) is 34.7 Å². The zero-order valence-electron chi connectivity index (χ0n) is 58.9. The first-order valence-electron chi connectivity index (χ1n) is 38.1. The average molecular weight is 1310 g/mol. The Morgan fingerprint density at radius 2 is 0.871 bits per heavy atom. The van der Waals surface area contributed by atoms with Gasteiger partial charge in [-0.1, -0.05) is 152 Å². The Balaban J connectivity index is 0.000000242. The Kier molecular flexibility index (Phi) is 24.8. The Bertz CT molecular complexity index is 2670. The second kappa shape index (κ2) is 31.2. The summed E-state index contributed by atoms with van der Waals surface area (Å²) < 4.78 is 107. The van der Waals surface area contributed by atoms with Crippen LogP contribution in [0.15, 0.2) is 36.4 Å². The lowest BCUT2D eigenvalue weighted by molar-refractivity contribution is -0.373. The molecule has 8 fully saturated rings. The Morgan fingerprint density at radius 3 is 1.32 bits per heavy atom. The maximum atomic E-state index is 15.2. The van der Waals surface area contributed by atoms with Crippen LogP contribution in [0.4, 0.5) is 49.1 Å². The third-order valence-electron chi connectivity index (χ3n) is 27.7. The summed E-state index contributed by atoms with van der Waals surface area (Å²) >= 11 is 0. The van der Waals surface area contributed by atoms with Crippen molar-refractivity contribution in [3.8, 4) is 0 Å². The van der Waals surface area contributed by atoms with Gasteiger partial charge >= 0.3 is 24.1 Å². The van der Waals surface area contributed by atoms with Crippen molar-refractivity contribution in [3.63, 3.8) is 0 Å². The normalized spacial score (nSPS) is 34.8. The maximum absolute atomic E-state index is 15.2. The number of carbonyl (C=O) groups is 1. The van der Waals surface area contributed by atoms with Crippen LogP contribution in [0.1, 0.15) is 298 Å². The van der Waals surface area contributed by atoms with Crippen molar-refractivity contribution in [1.29, 1.82) is 0 Å². The van der Waals surface area contributed by atoms with E-state index in [1.807, 2.05) is 0 Å². The van der Waals surface area contributed by atoms with Gasteiger partial charge in [-0.15, -0.1) is 0 Å². The molecule has 8 nitrogen and oxygen atoms in total. The number of ether oxygens (including phenoxy) is 3. The van der Waals surface area contributed by atoms with Gasteiger partial charge in [0.15, 0.2) is 0 Å². The number of hydrogen-bond donors (Lipinski definition) is 4. The summed E-state index contributed by atoms with van der Waals surface area (Å²) in [4.78, 5) is 12.7. The SMILES string of the molecule is CCCCCCCCCCCCCCCCOC(=O)CC[C@@H](C)[C@H]1CC[C@H]2[C@@H]3CCC4CC(OC(F)(F)C(F)(F)c5cc(N)cc(N)c5)CC[C@]4(C)[C@H]3CC[C@]12C.CCC[C@@H](C)[C@H]1CC[C@H]2[C@@H]3CCC4CC(OC(F)(F)c5cc(N)cc(N)c5)CC[C@]4(C)[C@H]3CC[C@]12C. The fourth-order valence-corrected chi connectivity index (χ4v) is 22.8. The van der Waals surface area contributed by atoms with Crippen molar-refractivity contribution in [1.82, 2.24) is 0 Å². The van der Waals surface area contributed by atoms with Gasteiger partial charge in [-0.25, -0.2) is 0 Å². The number of benzene rings is 2. The number of halogens is 6. The second-order valence-corrected chi connectivity index (χ2v) is 33.3. The smallest absolute Gasteiger partial charge is 0.424 e. The number of carbonyl (C=O) groups excluding carboxylic acids is 1. The van der Waals surface area contributed by atoms with Crippen molar-refractivity contribution < 1.29 is 45.3 Å². The van der Waals surface area contributed by atoms with E-state index in [1.165, 1.54) is 159 Å². The molecule has 0 bridgehead atoms. The minimum atomic E-state index is -4.69. The molecule has 0 spiro atoms. The summed E-state index contributed by atoms with van der Waals surface area (Å²) in [7, 11) is 0. The van der Waals surface area contributed by atoms with Crippen molar-refractivity contribution in [2.45, 2.75) is 317 Å².